The molecule has 1 amide bonds. The van der Waals surface area contributed by atoms with Crippen LogP contribution in [0, 0.1) is 0 Å². The molecular weight excluding hydrogens is 246 g/mol. The molecule has 0 aliphatic carbocycles. The maximum Gasteiger partial charge on any atom is 0.294 e. The molecule has 1 heterocycles. The van der Waals surface area contributed by atoms with Crippen LogP contribution in [0.2, 0.25) is 0 Å². The van der Waals surface area contributed by atoms with Crippen molar-refractivity contribution in [2.45, 2.75) is 11.3 Å². The van der Waals surface area contributed by atoms with Gasteiger partial charge in [-0.2, -0.15) is 18.5 Å². The zero-order chi connectivity index (χ0) is 12.6. The summed E-state index contributed by atoms with van der Waals surface area (Å²) >= 11 is 0. The molecule has 1 aromatic rings. The number of anilines is 1. The van der Waals surface area contributed by atoms with Crippen LogP contribution < -0.4 is 10.7 Å². The third kappa shape index (κ3) is 2.27. The maximum absolute atomic E-state index is 11.5. The number of hydrogen-bond acceptors (Lipinski definition) is 5. The fourth-order valence-electron chi connectivity index (χ4n) is 1.43. The number of hydrazone groups is 1. The third-order valence-corrected chi connectivity index (χ3v) is 3.01. The van der Waals surface area contributed by atoms with Gasteiger partial charge in [-0.1, -0.05) is 6.07 Å². The van der Waals surface area contributed by atoms with Crippen molar-refractivity contribution in [3.05, 3.63) is 24.3 Å². The molecule has 8 heteroatoms. The standard InChI is InChI=1S/C9H9N3O4S/c10-8-5-9(13)12(11-8)6-2-1-3-7(4-6)17(14,15)16/h1-4H,5H2,(H2,10,11)(H,14,15,16). The number of amidine groups is 1. The van der Waals surface area contributed by atoms with E-state index in [1.807, 2.05) is 0 Å². The predicted octanol–water partition coefficient (Wildman–Crippen LogP) is -0.0578. The number of nitrogens with two attached hydrogens (primary N) is 1. The number of nitrogens with zero attached hydrogens (tertiary/aromatic N) is 2. The van der Waals surface area contributed by atoms with Gasteiger partial charge in [-0.15, -0.1) is 0 Å². The van der Waals surface area contributed by atoms with Gasteiger partial charge in [-0.25, -0.2) is 0 Å². The van der Waals surface area contributed by atoms with Gasteiger partial charge < -0.3 is 5.73 Å². The largest absolute Gasteiger partial charge is 0.385 e. The Balaban J connectivity index is 2.45. The highest BCUT2D eigenvalue weighted by Gasteiger charge is 2.24. The fourth-order valence-corrected chi connectivity index (χ4v) is 1.95. The lowest BCUT2D eigenvalue weighted by molar-refractivity contribution is -0.116. The van der Waals surface area contributed by atoms with Crippen LogP contribution in [0.5, 0.6) is 0 Å². The molecule has 0 atom stereocenters. The van der Waals surface area contributed by atoms with Crippen molar-refractivity contribution in [3.8, 4) is 0 Å². The number of rotatable bonds is 2. The van der Waals surface area contributed by atoms with Crippen molar-refractivity contribution in [3.63, 3.8) is 0 Å². The first-order valence-corrected chi connectivity index (χ1v) is 6.05. The minimum Gasteiger partial charge on any atom is -0.385 e. The van der Waals surface area contributed by atoms with Crippen molar-refractivity contribution in [1.82, 2.24) is 0 Å². The van der Waals surface area contributed by atoms with Crippen molar-refractivity contribution >= 4 is 27.5 Å². The zero-order valence-electron chi connectivity index (χ0n) is 8.57. The second-order valence-corrected chi connectivity index (χ2v) is 4.87. The highest BCUT2D eigenvalue weighted by atomic mass is 32.2. The quantitative estimate of drug-likeness (QED) is 0.719. The average Bonchev–Trinajstić information content (AvgIpc) is 2.57. The summed E-state index contributed by atoms with van der Waals surface area (Å²) in [4.78, 5) is 11.2. The molecule has 7 nitrogen and oxygen atoms in total. The van der Waals surface area contributed by atoms with Crippen molar-refractivity contribution in [2.75, 3.05) is 5.01 Å². The Bertz CT molecular complexity index is 608. The minimum atomic E-state index is -4.30. The van der Waals surface area contributed by atoms with Crippen molar-refractivity contribution in [1.29, 1.82) is 0 Å². The van der Waals surface area contributed by atoms with Gasteiger partial charge in [-0.05, 0) is 18.2 Å². The highest BCUT2D eigenvalue weighted by molar-refractivity contribution is 7.85. The molecular formula is C9H9N3O4S. The third-order valence-electron chi connectivity index (χ3n) is 2.16. The molecule has 0 unspecified atom stereocenters. The topological polar surface area (TPSA) is 113 Å². The second kappa shape index (κ2) is 3.82. The SMILES string of the molecule is NC1=NN(c2cccc(S(=O)(=O)O)c2)C(=O)C1. The Kier molecular flexibility index (Phi) is 2.60. The smallest absolute Gasteiger partial charge is 0.294 e. The summed E-state index contributed by atoms with van der Waals surface area (Å²) in [6, 6.07) is 5.26. The monoisotopic (exact) mass is 255 g/mol. The van der Waals surface area contributed by atoms with Crippen LogP contribution >= 0.6 is 0 Å². The van der Waals surface area contributed by atoms with E-state index in [1.54, 1.807) is 0 Å². The molecule has 0 radical (unpaired) electrons. The molecule has 0 bridgehead atoms. The Labute approximate surface area is 97.3 Å². The maximum atomic E-state index is 11.5. The summed E-state index contributed by atoms with van der Waals surface area (Å²) in [6.07, 6.45) is -0.00387. The number of benzene rings is 1. The zero-order valence-corrected chi connectivity index (χ0v) is 9.38. The van der Waals surface area contributed by atoms with Crippen molar-refractivity contribution in [2.24, 2.45) is 10.8 Å². The molecule has 17 heavy (non-hydrogen) atoms. The summed E-state index contributed by atoms with van der Waals surface area (Å²) in [5.74, 6) is -0.192. The normalized spacial score (nSPS) is 16.2. The summed E-state index contributed by atoms with van der Waals surface area (Å²) in [6.45, 7) is 0. The first kappa shape index (κ1) is 11.6. The molecule has 1 aliphatic heterocycles. The first-order chi connectivity index (χ1) is 7.88. The Morgan fingerprint density at radius 1 is 1.41 bits per heavy atom. The van der Waals surface area contributed by atoms with E-state index >= 15 is 0 Å². The predicted molar refractivity (Wildman–Crippen MR) is 60.0 cm³/mol. The Morgan fingerprint density at radius 2 is 2.12 bits per heavy atom. The van der Waals surface area contributed by atoms with E-state index in [4.69, 9.17) is 10.3 Å². The van der Waals surface area contributed by atoms with Crippen molar-refractivity contribution < 1.29 is 17.8 Å². The molecule has 0 saturated carbocycles. The number of amides is 1. The van der Waals surface area contributed by atoms with Crippen LogP contribution in [0.4, 0.5) is 5.69 Å². The molecule has 1 aliphatic rings. The van der Waals surface area contributed by atoms with Gasteiger partial charge in [-0.3, -0.25) is 9.35 Å². The summed E-state index contributed by atoms with van der Waals surface area (Å²) in [5.41, 5.74) is 5.64. The van der Waals surface area contributed by atoms with Gasteiger partial charge in [0, 0.05) is 0 Å². The Hall–Kier alpha value is -1.93. The molecule has 2 rings (SSSR count). The number of hydrogen-bond donors (Lipinski definition) is 2. The minimum absolute atomic E-state index is 0.00387. The Morgan fingerprint density at radius 3 is 2.65 bits per heavy atom. The lowest BCUT2D eigenvalue weighted by Crippen LogP contribution is -2.19. The van der Waals surface area contributed by atoms with Crippen LogP contribution in [0.1, 0.15) is 6.42 Å². The van der Waals surface area contributed by atoms with Gasteiger partial charge in [0.25, 0.3) is 16.0 Å². The van der Waals surface area contributed by atoms with Crippen LogP contribution in [-0.4, -0.2) is 24.7 Å². The summed E-state index contributed by atoms with van der Waals surface area (Å²) in [5, 5.41) is 4.77. The van der Waals surface area contributed by atoms with Crippen LogP contribution in [0.25, 0.3) is 0 Å². The molecule has 1 aromatic carbocycles. The van der Waals surface area contributed by atoms with E-state index < -0.39 is 10.1 Å². The number of carbonyl (C=O) groups excluding carboxylic acids is 1. The lowest BCUT2D eigenvalue weighted by atomic mass is 10.3. The van der Waals surface area contributed by atoms with E-state index in [9.17, 15) is 13.2 Å². The van der Waals surface area contributed by atoms with Gasteiger partial charge >= 0.3 is 0 Å². The summed E-state index contributed by atoms with van der Waals surface area (Å²) in [7, 11) is -4.30. The molecule has 0 aromatic heterocycles. The van der Waals surface area contributed by atoms with Gasteiger partial charge in [0.05, 0.1) is 17.0 Å². The van der Waals surface area contributed by atoms with E-state index in [-0.39, 0.29) is 28.7 Å². The summed E-state index contributed by atoms with van der Waals surface area (Å²) < 4.78 is 30.8. The van der Waals surface area contributed by atoms with Crippen LogP contribution in [0.15, 0.2) is 34.3 Å². The molecule has 0 fully saturated rings. The van der Waals surface area contributed by atoms with E-state index in [0.717, 1.165) is 11.1 Å². The van der Waals surface area contributed by atoms with Crippen LogP contribution in [-0.2, 0) is 14.9 Å². The molecule has 3 N–H and O–H groups in total. The van der Waals surface area contributed by atoms with E-state index in [0.29, 0.717) is 0 Å². The van der Waals surface area contributed by atoms with Gasteiger partial charge in [0.2, 0.25) is 0 Å². The first-order valence-electron chi connectivity index (χ1n) is 4.61. The molecule has 90 valence electrons. The van der Waals surface area contributed by atoms with Gasteiger partial charge in [0.15, 0.2) is 0 Å². The highest BCUT2D eigenvalue weighted by Crippen LogP contribution is 2.22. The fraction of sp³-hybridized carbons (Fsp3) is 0.111. The number of carbonyl (C=O) groups is 1. The van der Waals surface area contributed by atoms with Crippen LogP contribution in [0.3, 0.4) is 0 Å². The average molecular weight is 255 g/mol. The molecule has 0 saturated heterocycles. The lowest BCUT2D eigenvalue weighted by Gasteiger charge is -2.11. The molecule has 0 spiro atoms. The van der Waals surface area contributed by atoms with E-state index in [1.165, 1.54) is 18.2 Å². The van der Waals surface area contributed by atoms with E-state index in [2.05, 4.69) is 5.10 Å². The van der Waals surface area contributed by atoms with Gasteiger partial charge in [0.1, 0.15) is 5.84 Å². The second-order valence-electron chi connectivity index (χ2n) is 3.45.